The van der Waals surface area contributed by atoms with Gasteiger partial charge in [-0.25, -0.2) is 4.98 Å². The molecule has 0 spiro atoms. The van der Waals surface area contributed by atoms with Gasteiger partial charge in [0.25, 0.3) is 0 Å². The molecule has 0 radical (unpaired) electrons. The summed E-state index contributed by atoms with van der Waals surface area (Å²) in [6, 6.07) is 20.7. The molecule has 0 unspecified atom stereocenters. The van der Waals surface area contributed by atoms with Crippen molar-refractivity contribution in [1.82, 2.24) is 9.97 Å². The van der Waals surface area contributed by atoms with E-state index in [1.807, 2.05) is 36.2 Å². The summed E-state index contributed by atoms with van der Waals surface area (Å²) in [5.41, 5.74) is 4.15. The van der Waals surface area contributed by atoms with Crippen LogP contribution in [0.25, 0.3) is 33.1 Å². The summed E-state index contributed by atoms with van der Waals surface area (Å²) in [6.45, 7) is 2.18. The zero-order chi connectivity index (χ0) is 15.6. The number of para-hydroxylation sites is 2. The first-order valence-electron chi connectivity index (χ1n) is 7.73. The van der Waals surface area contributed by atoms with Gasteiger partial charge in [-0.15, -0.1) is 11.8 Å². The summed E-state index contributed by atoms with van der Waals surface area (Å²) in [4.78, 5) is 10.7. The van der Waals surface area contributed by atoms with Gasteiger partial charge < -0.3 is 0 Å². The summed E-state index contributed by atoms with van der Waals surface area (Å²) >= 11 is 1.85. The highest BCUT2D eigenvalue weighted by Gasteiger charge is 2.12. The molecule has 2 aromatic carbocycles. The van der Waals surface area contributed by atoms with Crippen LogP contribution in [0.2, 0.25) is 0 Å². The van der Waals surface area contributed by atoms with Crippen molar-refractivity contribution in [2.45, 2.75) is 11.8 Å². The molecule has 3 heteroatoms. The van der Waals surface area contributed by atoms with Crippen molar-refractivity contribution in [1.29, 1.82) is 0 Å². The molecule has 0 bridgehead atoms. The minimum atomic E-state index is 0.984. The van der Waals surface area contributed by atoms with Gasteiger partial charge in [0.2, 0.25) is 0 Å². The SMILES string of the molecule is CCSc1c(-c2ccc3ccccc3n2)cnc2ccccc12. The molecule has 23 heavy (non-hydrogen) atoms. The van der Waals surface area contributed by atoms with Gasteiger partial charge in [0.15, 0.2) is 0 Å². The predicted molar refractivity (Wildman–Crippen MR) is 98.9 cm³/mol. The summed E-state index contributed by atoms with van der Waals surface area (Å²) in [5, 5.41) is 2.36. The smallest absolute Gasteiger partial charge is 0.0736 e. The van der Waals surface area contributed by atoms with Gasteiger partial charge in [0.1, 0.15) is 0 Å². The molecule has 0 atom stereocenters. The minimum Gasteiger partial charge on any atom is -0.255 e. The van der Waals surface area contributed by atoms with E-state index in [2.05, 4.69) is 54.4 Å². The van der Waals surface area contributed by atoms with Gasteiger partial charge in [-0.3, -0.25) is 4.98 Å². The quantitative estimate of drug-likeness (QED) is 0.463. The van der Waals surface area contributed by atoms with Crippen molar-refractivity contribution in [3.05, 3.63) is 66.9 Å². The van der Waals surface area contributed by atoms with Crippen LogP contribution in [-0.2, 0) is 0 Å². The maximum absolute atomic E-state index is 4.84. The Morgan fingerprint density at radius 2 is 1.65 bits per heavy atom. The second-order valence-electron chi connectivity index (χ2n) is 5.34. The lowest BCUT2D eigenvalue weighted by atomic mass is 10.1. The Labute approximate surface area is 139 Å². The molecule has 112 valence electrons. The Morgan fingerprint density at radius 1 is 0.870 bits per heavy atom. The monoisotopic (exact) mass is 316 g/mol. The van der Waals surface area contributed by atoms with Crippen LogP contribution >= 0.6 is 11.8 Å². The summed E-state index contributed by atoms with van der Waals surface area (Å²) in [7, 11) is 0. The number of hydrogen-bond donors (Lipinski definition) is 0. The molecule has 0 saturated heterocycles. The molecular formula is C20H16N2S. The number of hydrogen-bond acceptors (Lipinski definition) is 3. The summed E-state index contributed by atoms with van der Waals surface area (Å²) in [5.74, 6) is 1.02. The van der Waals surface area contributed by atoms with Crippen LogP contribution in [0.3, 0.4) is 0 Å². The van der Waals surface area contributed by atoms with Crippen LogP contribution in [0.4, 0.5) is 0 Å². The fourth-order valence-corrected chi connectivity index (χ4v) is 3.74. The third kappa shape index (κ3) is 2.57. The van der Waals surface area contributed by atoms with E-state index in [1.165, 1.54) is 10.3 Å². The number of aromatic nitrogens is 2. The minimum absolute atomic E-state index is 0.984. The van der Waals surface area contributed by atoms with Crippen LogP contribution in [0.15, 0.2) is 71.8 Å². The summed E-state index contributed by atoms with van der Waals surface area (Å²) in [6.07, 6.45) is 1.96. The fourth-order valence-electron chi connectivity index (χ4n) is 2.81. The maximum atomic E-state index is 4.84. The maximum Gasteiger partial charge on any atom is 0.0736 e. The third-order valence-electron chi connectivity index (χ3n) is 3.89. The second-order valence-corrected chi connectivity index (χ2v) is 6.61. The van der Waals surface area contributed by atoms with E-state index >= 15 is 0 Å². The lowest BCUT2D eigenvalue weighted by Crippen LogP contribution is -1.92. The number of pyridine rings is 2. The molecule has 0 saturated carbocycles. The Kier molecular flexibility index (Phi) is 3.72. The Balaban J connectivity index is 1.97. The van der Waals surface area contributed by atoms with E-state index < -0.39 is 0 Å². The number of nitrogens with zero attached hydrogens (tertiary/aromatic N) is 2. The first-order valence-corrected chi connectivity index (χ1v) is 8.72. The molecule has 0 aliphatic heterocycles. The molecule has 0 N–H and O–H groups in total. The van der Waals surface area contributed by atoms with Gasteiger partial charge >= 0.3 is 0 Å². The average molecular weight is 316 g/mol. The number of fused-ring (bicyclic) bond motifs is 2. The van der Waals surface area contributed by atoms with E-state index in [0.717, 1.165) is 33.4 Å². The van der Waals surface area contributed by atoms with Gasteiger partial charge in [0, 0.05) is 27.4 Å². The topological polar surface area (TPSA) is 25.8 Å². The lowest BCUT2D eigenvalue weighted by molar-refractivity contribution is 1.30. The molecule has 2 heterocycles. The third-order valence-corrected chi connectivity index (χ3v) is 4.91. The lowest BCUT2D eigenvalue weighted by Gasteiger charge is -2.11. The predicted octanol–water partition coefficient (Wildman–Crippen LogP) is 5.56. The molecule has 0 aliphatic carbocycles. The highest BCUT2D eigenvalue weighted by Crippen LogP contribution is 2.36. The fraction of sp³-hybridized carbons (Fsp3) is 0.100. The highest BCUT2D eigenvalue weighted by molar-refractivity contribution is 7.99. The highest BCUT2D eigenvalue weighted by atomic mass is 32.2. The van der Waals surface area contributed by atoms with Gasteiger partial charge in [-0.2, -0.15) is 0 Å². The largest absolute Gasteiger partial charge is 0.255 e. The van der Waals surface area contributed by atoms with E-state index in [4.69, 9.17) is 4.98 Å². The zero-order valence-electron chi connectivity index (χ0n) is 12.9. The molecule has 0 fully saturated rings. The van der Waals surface area contributed by atoms with Crippen molar-refractivity contribution in [2.75, 3.05) is 5.75 Å². The molecule has 4 aromatic rings. The Hall–Kier alpha value is -2.39. The second kappa shape index (κ2) is 6.01. The molecule has 2 nitrogen and oxygen atoms in total. The standard InChI is InChI=1S/C20H16N2S/c1-2-23-20-15-8-4-6-10-18(15)21-13-16(20)19-12-11-14-7-3-5-9-17(14)22-19/h3-13H,2H2,1H3. The van der Waals surface area contributed by atoms with Crippen LogP contribution in [0, 0.1) is 0 Å². The Bertz CT molecular complexity index is 995. The van der Waals surface area contributed by atoms with Crippen molar-refractivity contribution < 1.29 is 0 Å². The number of rotatable bonds is 3. The normalized spacial score (nSPS) is 11.2. The van der Waals surface area contributed by atoms with E-state index in [0.29, 0.717) is 0 Å². The molecule has 0 aliphatic rings. The van der Waals surface area contributed by atoms with Gasteiger partial charge in [-0.05, 0) is 24.0 Å². The number of benzene rings is 2. The zero-order valence-corrected chi connectivity index (χ0v) is 13.7. The molecule has 4 rings (SSSR count). The van der Waals surface area contributed by atoms with E-state index in [1.54, 1.807) is 0 Å². The van der Waals surface area contributed by atoms with Gasteiger partial charge in [-0.1, -0.05) is 49.4 Å². The molecular weight excluding hydrogens is 300 g/mol. The van der Waals surface area contributed by atoms with Crippen molar-refractivity contribution in [2.24, 2.45) is 0 Å². The summed E-state index contributed by atoms with van der Waals surface area (Å²) < 4.78 is 0. The first kappa shape index (κ1) is 14.2. The van der Waals surface area contributed by atoms with Crippen LogP contribution in [0.5, 0.6) is 0 Å². The molecule has 0 amide bonds. The van der Waals surface area contributed by atoms with Gasteiger partial charge in [0.05, 0.1) is 16.7 Å². The van der Waals surface area contributed by atoms with E-state index in [9.17, 15) is 0 Å². The van der Waals surface area contributed by atoms with Crippen molar-refractivity contribution in [3.63, 3.8) is 0 Å². The van der Waals surface area contributed by atoms with Crippen molar-refractivity contribution >= 4 is 33.6 Å². The van der Waals surface area contributed by atoms with E-state index in [-0.39, 0.29) is 0 Å². The van der Waals surface area contributed by atoms with Crippen molar-refractivity contribution in [3.8, 4) is 11.3 Å². The van der Waals surface area contributed by atoms with Crippen LogP contribution in [0.1, 0.15) is 6.92 Å². The first-order chi connectivity index (χ1) is 11.4. The number of thioether (sulfide) groups is 1. The van der Waals surface area contributed by atoms with Crippen LogP contribution < -0.4 is 0 Å². The van der Waals surface area contributed by atoms with Crippen LogP contribution in [-0.4, -0.2) is 15.7 Å². The molecule has 2 aromatic heterocycles. The Morgan fingerprint density at radius 3 is 2.52 bits per heavy atom. The average Bonchev–Trinajstić information content (AvgIpc) is 2.62.